The fourth-order valence-corrected chi connectivity index (χ4v) is 1.41. The van der Waals surface area contributed by atoms with Crippen molar-refractivity contribution >= 4 is 0 Å². The van der Waals surface area contributed by atoms with Crippen LogP contribution in [0.2, 0.25) is 0 Å². The molecular formula is C13H20FNO3. The van der Waals surface area contributed by atoms with E-state index in [2.05, 4.69) is 0 Å². The van der Waals surface area contributed by atoms with Crippen molar-refractivity contribution in [3.63, 3.8) is 0 Å². The molecule has 5 heteroatoms. The van der Waals surface area contributed by atoms with Gasteiger partial charge in [-0.25, -0.2) is 4.39 Å². The summed E-state index contributed by atoms with van der Waals surface area (Å²) in [5.74, 6) is -0.286. The average molecular weight is 257 g/mol. The predicted molar refractivity (Wildman–Crippen MR) is 66.8 cm³/mol. The molecule has 18 heavy (non-hydrogen) atoms. The van der Waals surface area contributed by atoms with Gasteiger partial charge >= 0.3 is 0 Å². The third-order valence-corrected chi connectivity index (χ3v) is 2.38. The molecule has 0 aromatic heterocycles. The maximum Gasteiger partial charge on any atom is 0.123 e. The molecule has 0 saturated carbocycles. The third kappa shape index (κ3) is 6.07. The van der Waals surface area contributed by atoms with Gasteiger partial charge in [-0.05, 0) is 17.7 Å². The van der Waals surface area contributed by atoms with E-state index in [1.165, 1.54) is 12.1 Å². The summed E-state index contributed by atoms with van der Waals surface area (Å²) in [7, 11) is 1.62. The molecule has 1 atom stereocenters. The first kappa shape index (κ1) is 15.0. The van der Waals surface area contributed by atoms with Crippen LogP contribution >= 0.6 is 0 Å². The summed E-state index contributed by atoms with van der Waals surface area (Å²) in [6.07, 6.45) is 0. The molecule has 1 aromatic carbocycles. The van der Waals surface area contributed by atoms with Gasteiger partial charge in [-0.3, -0.25) is 0 Å². The molecule has 0 radical (unpaired) electrons. The van der Waals surface area contributed by atoms with Crippen LogP contribution in [0.5, 0.6) is 0 Å². The van der Waals surface area contributed by atoms with E-state index in [-0.39, 0.29) is 11.9 Å². The van der Waals surface area contributed by atoms with E-state index in [4.69, 9.17) is 19.9 Å². The van der Waals surface area contributed by atoms with Gasteiger partial charge in [0.1, 0.15) is 5.82 Å². The third-order valence-electron chi connectivity index (χ3n) is 2.38. The minimum atomic E-state index is -0.320. The zero-order chi connectivity index (χ0) is 13.2. The topological polar surface area (TPSA) is 53.7 Å². The van der Waals surface area contributed by atoms with E-state index in [0.717, 1.165) is 5.56 Å². The van der Waals surface area contributed by atoms with Crippen LogP contribution in [0.4, 0.5) is 4.39 Å². The molecule has 0 heterocycles. The van der Waals surface area contributed by atoms with E-state index in [1.807, 2.05) is 0 Å². The minimum Gasteiger partial charge on any atom is -0.382 e. The Labute approximate surface area is 107 Å². The molecule has 102 valence electrons. The monoisotopic (exact) mass is 257 g/mol. The van der Waals surface area contributed by atoms with Crippen molar-refractivity contribution < 1.29 is 18.6 Å². The van der Waals surface area contributed by atoms with Crippen LogP contribution in [0.1, 0.15) is 11.6 Å². The summed E-state index contributed by atoms with van der Waals surface area (Å²) in [5, 5.41) is 0. The molecule has 0 saturated heterocycles. The number of methoxy groups -OCH3 is 1. The van der Waals surface area contributed by atoms with Crippen LogP contribution in [0.15, 0.2) is 24.3 Å². The zero-order valence-electron chi connectivity index (χ0n) is 10.6. The fourth-order valence-electron chi connectivity index (χ4n) is 1.41. The van der Waals surface area contributed by atoms with Gasteiger partial charge in [0, 0.05) is 7.11 Å². The highest BCUT2D eigenvalue weighted by molar-refractivity contribution is 5.19. The first-order chi connectivity index (χ1) is 8.74. The van der Waals surface area contributed by atoms with Crippen molar-refractivity contribution in [2.24, 2.45) is 5.73 Å². The molecule has 0 aliphatic carbocycles. The number of hydrogen-bond donors (Lipinski definition) is 1. The lowest BCUT2D eigenvalue weighted by atomic mass is 10.1. The molecule has 1 rings (SSSR count). The summed E-state index contributed by atoms with van der Waals surface area (Å²) in [6.45, 7) is 2.43. The lowest BCUT2D eigenvalue weighted by molar-refractivity contribution is 0.0215. The largest absolute Gasteiger partial charge is 0.382 e. The van der Waals surface area contributed by atoms with Crippen molar-refractivity contribution in [1.82, 2.24) is 0 Å². The van der Waals surface area contributed by atoms with Crippen molar-refractivity contribution in [3.8, 4) is 0 Å². The Balaban J connectivity index is 2.12. The van der Waals surface area contributed by atoms with Crippen molar-refractivity contribution in [2.45, 2.75) is 6.04 Å². The van der Waals surface area contributed by atoms with Gasteiger partial charge in [0.25, 0.3) is 0 Å². The Hall–Kier alpha value is -1.01. The highest BCUT2D eigenvalue weighted by Crippen LogP contribution is 2.11. The molecule has 0 aliphatic rings. The maximum atomic E-state index is 13.0. The van der Waals surface area contributed by atoms with Gasteiger partial charge in [-0.15, -0.1) is 0 Å². The number of ether oxygens (including phenoxy) is 3. The molecular weight excluding hydrogens is 237 g/mol. The number of halogens is 1. The second-order valence-corrected chi connectivity index (χ2v) is 3.84. The Kier molecular flexibility index (Phi) is 7.52. The first-order valence-electron chi connectivity index (χ1n) is 5.89. The van der Waals surface area contributed by atoms with Crippen LogP contribution in [0, 0.1) is 5.82 Å². The summed E-state index contributed by atoms with van der Waals surface area (Å²) < 4.78 is 28.4. The molecule has 0 bridgehead atoms. The van der Waals surface area contributed by atoms with Gasteiger partial charge in [0.2, 0.25) is 0 Å². The van der Waals surface area contributed by atoms with Crippen LogP contribution in [-0.4, -0.2) is 40.1 Å². The highest BCUT2D eigenvalue weighted by Gasteiger charge is 2.06. The lowest BCUT2D eigenvalue weighted by Crippen LogP contribution is -2.19. The quantitative estimate of drug-likeness (QED) is 0.681. The molecule has 0 aliphatic heterocycles. The Bertz CT molecular complexity index is 336. The van der Waals surface area contributed by atoms with Crippen LogP contribution in [-0.2, 0) is 14.2 Å². The van der Waals surface area contributed by atoms with Gasteiger partial charge in [-0.2, -0.15) is 0 Å². The normalized spacial score (nSPS) is 12.6. The number of nitrogens with two attached hydrogens (primary N) is 1. The van der Waals surface area contributed by atoms with Crippen molar-refractivity contribution in [3.05, 3.63) is 35.6 Å². The van der Waals surface area contributed by atoms with E-state index < -0.39 is 0 Å². The van der Waals surface area contributed by atoms with E-state index in [1.54, 1.807) is 19.2 Å². The maximum absolute atomic E-state index is 13.0. The van der Waals surface area contributed by atoms with Crippen LogP contribution < -0.4 is 5.73 Å². The minimum absolute atomic E-state index is 0.286. The fraction of sp³-hybridized carbons (Fsp3) is 0.538. The van der Waals surface area contributed by atoms with Crippen LogP contribution in [0.3, 0.4) is 0 Å². The SMILES string of the molecule is COCCOCCOCC(N)c1cccc(F)c1. The molecule has 0 amide bonds. The Morgan fingerprint density at radius 1 is 1.17 bits per heavy atom. The van der Waals surface area contributed by atoms with Gasteiger partial charge < -0.3 is 19.9 Å². The summed E-state index contributed by atoms with van der Waals surface area (Å²) in [5.41, 5.74) is 6.61. The summed E-state index contributed by atoms with van der Waals surface area (Å²) in [4.78, 5) is 0. The molecule has 2 N–H and O–H groups in total. The van der Waals surface area contributed by atoms with Gasteiger partial charge in [0.15, 0.2) is 0 Å². The van der Waals surface area contributed by atoms with Crippen molar-refractivity contribution in [1.29, 1.82) is 0 Å². The molecule has 0 fully saturated rings. The predicted octanol–water partition coefficient (Wildman–Crippen LogP) is 1.51. The smallest absolute Gasteiger partial charge is 0.123 e. The Morgan fingerprint density at radius 2 is 1.89 bits per heavy atom. The molecule has 1 aromatic rings. The van der Waals surface area contributed by atoms with E-state index >= 15 is 0 Å². The number of benzene rings is 1. The summed E-state index contributed by atoms with van der Waals surface area (Å²) in [6, 6.07) is 5.91. The highest BCUT2D eigenvalue weighted by atomic mass is 19.1. The molecule has 4 nitrogen and oxygen atoms in total. The second kappa shape index (κ2) is 8.99. The lowest BCUT2D eigenvalue weighted by Gasteiger charge is -2.12. The molecule has 1 unspecified atom stereocenters. The first-order valence-corrected chi connectivity index (χ1v) is 5.89. The van der Waals surface area contributed by atoms with Crippen molar-refractivity contribution in [2.75, 3.05) is 40.1 Å². The van der Waals surface area contributed by atoms with Crippen LogP contribution in [0.25, 0.3) is 0 Å². The van der Waals surface area contributed by atoms with E-state index in [0.29, 0.717) is 33.0 Å². The van der Waals surface area contributed by atoms with Gasteiger partial charge in [-0.1, -0.05) is 12.1 Å². The average Bonchev–Trinajstić information content (AvgIpc) is 2.37. The van der Waals surface area contributed by atoms with Gasteiger partial charge in [0.05, 0.1) is 39.1 Å². The second-order valence-electron chi connectivity index (χ2n) is 3.84. The standard InChI is InChI=1S/C13H20FNO3/c1-16-5-6-17-7-8-18-10-13(15)11-3-2-4-12(14)9-11/h2-4,9,13H,5-8,10,15H2,1H3. The molecule has 0 spiro atoms. The van der Waals surface area contributed by atoms with E-state index in [9.17, 15) is 4.39 Å². The number of rotatable bonds is 9. The summed E-state index contributed by atoms with van der Waals surface area (Å²) >= 11 is 0. The zero-order valence-corrected chi connectivity index (χ0v) is 10.6. The number of hydrogen-bond acceptors (Lipinski definition) is 4. The Morgan fingerprint density at radius 3 is 2.61 bits per heavy atom.